The number of rotatable bonds is 4. The van der Waals surface area contributed by atoms with Gasteiger partial charge in [0, 0.05) is 32.3 Å². The molecule has 28 heavy (non-hydrogen) atoms. The topological polar surface area (TPSA) is 112 Å². The summed E-state index contributed by atoms with van der Waals surface area (Å²) >= 11 is 0. The van der Waals surface area contributed by atoms with Crippen LogP contribution in [-0.4, -0.2) is 72.6 Å². The molecule has 158 valence electrons. The zero-order chi connectivity index (χ0) is 20.5. The number of carbonyl (C=O) groups excluding carboxylic acids is 1. The Balaban J connectivity index is 1.78. The third-order valence-corrected chi connectivity index (χ3v) is 6.24. The monoisotopic (exact) mass is 416 g/mol. The van der Waals surface area contributed by atoms with Crippen LogP contribution in [0.15, 0.2) is 17.6 Å². The molecule has 2 fully saturated rings. The maximum atomic E-state index is 13.0. The molecular weight excluding hydrogens is 388 g/mol. The number of nitrogens with zero attached hydrogens (tertiary/aromatic N) is 3. The molecule has 1 N–H and O–H groups in total. The number of ether oxygens (including phenoxy) is 3. The molecule has 1 aromatic rings. The first-order valence-corrected chi connectivity index (χ1v) is 10.7. The summed E-state index contributed by atoms with van der Waals surface area (Å²) in [4.78, 5) is 16.2. The van der Waals surface area contributed by atoms with Crippen LogP contribution in [0.5, 0.6) is 0 Å². The molecule has 0 saturated carbocycles. The van der Waals surface area contributed by atoms with Gasteiger partial charge in [-0.2, -0.15) is 4.31 Å². The van der Waals surface area contributed by atoms with E-state index in [0.29, 0.717) is 13.2 Å². The predicted octanol–water partition coefficient (Wildman–Crippen LogP) is 0.697. The van der Waals surface area contributed by atoms with Crippen LogP contribution in [0.1, 0.15) is 27.2 Å². The molecule has 0 bridgehead atoms. The number of alkyl carbamates (subject to hydrolysis) is 1. The standard InChI is InChI=1S/C17H28N4O6S/c1-17(2,3)27-16(22)19-13-9-21(8-12(13)15-25-6-5-7-26-15)28(23,24)14-10-20(4)11-18-14/h10-13,15H,5-9H2,1-4H3,(H,19,22)/t12-,13+/m1/s1. The summed E-state index contributed by atoms with van der Waals surface area (Å²) in [6.45, 7) is 6.62. The maximum Gasteiger partial charge on any atom is 0.407 e. The number of hydrogen-bond acceptors (Lipinski definition) is 7. The van der Waals surface area contributed by atoms with E-state index < -0.39 is 34.0 Å². The molecule has 2 atom stereocenters. The molecule has 3 rings (SSSR count). The van der Waals surface area contributed by atoms with Gasteiger partial charge in [-0.3, -0.25) is 0 Å². The second-order valence-corrected chi connectivity index (χ2v) is 9.96. The third kappa shape index (κ3) is 4.83. The van der Waals surface area contributed by atoms with Crippen LogP contribution in [0.25, 0.3) is 0 Å². The second-order valence-electron chi connectivity index (χ2n) is 8.08. The van der Waals surface area contributed by atoms with Crippen LogP contribution in [0, 0.1) is 5.92 Å². The number of aryl methyl sites for hydroxylation is 1. The lowest BCUT2D eigenvalue weighted by molar-refractivity contribution is -0.204. The highest BCUT2D eigenvalue weighted by atomic mass is 32.2. The number of aromatic nitrogens is 2. The largest absolute Gasteiger partial charge is 0.444 e. The molecule has 1 amide bonds. The maximum absolute atomic E-state index is 13.0. The number of sulfonamides is 1. The Bertz CT molecular complexity index is 797. The van der Waals surface area contributed by atoms with Crippen LogP contribution < -0.4 is 5.32 Å². The molecule has 2 saturated heterocycles. The van der Waals surface area contributed by atoms with Gasteiger partial charge in [0.15, 0.2) is 11.3 Å². The quantitative estimate of drug-likeness (QED) is 0.769. The molecule has 0 spiro atoms. The minimum atomic E-state index is -3.80. The average Bonchev–Trinajstić information content (AvgIpc) is 3.21. The van der Waals surface area contributed by atoms with E-state index >= 15 is 0 Å². The van der Waals surface area contributed by atoms with Crippen molar-refractivity contribution in [1.82, 2.24) is 19.2 Å². The van der Waals surface area contributed by atoms with Gasteiger partial charge in [0.2, 0.25) is 0 Å². The molecule has 0 aromatic carbocycles. The number of hydrogen-bond donors (Lipinski definition) is 1. The summed E-state index contributed by atoms with van der Waals surface area (Å²) in [6, 6.07) is -0.503. The lowest BCUT2D eigenvalue weighted by Crippen LogP contribution is -2.48. The minimum absolute atomic E-state index is 0.0304. The van der Waals surface area contributed by atoms with Crippen LogP contribution in [0.4, 0.5) is 4.79 Å². The fraction of sp³-hybridized carbons (Fsp3) is 0.765. The molecule has 0 aliphatic carbocycles. The van der Waals surface area contributed by atoms with Crippen molar-refractivity contribution >= 4 is 16.1 Å². The van der Waals surface area contributed by atoms with Crippen LogP contribution in [0.3, 0.4) is 0 Å². The normalized spacial score (nSPS) is 25.0. The second kappa shape index (κ2) is 7.97. The van der Waals surface area contributed by atoms with Gasteiger partial charge < -0.3 is 24.1 Å². The van der Waals surface area contributed by atoms with Crippen molar-refractivity contribution < 1.29 is 27.4 Å². The SMILES string of the molecule is Cn1cnc(S(=O)(=O)N2C[C@H](NC(=O)OC(C)(C)C)[C@H](C3OCCCO3)C2)c1. The Morgan fingerprint density at radius 2 is 1.96 bits per heavy atom. The zero-order valence-corrected chi connectivity index (χ0v) is 17.4. The van der Waals surface area contributed by atoms with E-state index in [2.05, 4.69) is 10.3 Å². The van der Waals surface area contributed by atoms with Crippen molar-refractivity contribution in [3.63, 3.8) is 0 Å². The summed E-state index contributed by atoms with van der Waals surface area (Å²) in [7, 11) is -2.09. The smallest absolute Gasteiger partial charge is 0.407 e. The van der Waals surface area contributed by atoms with Gasteiger partial charge in [0.1, 0.15) is 5.60 Å². The Morgan fingerprint density at radius 3 is 2.54 bits per heavy atom. The van der Waals surface area contributed by atoms with Crippen LogP contribution in [-0.2, 0) is 31.3 Å². The molecule has 2 aliphatic rings. The highest BCUT2D eigenvalue weighted by Crippen LogP contribution is 2.29. The lowest BCUT2D eigenvalue weighted by Gasteiger charge is -2.31. The summed E-state index contributed by atoms with van der Waals surface area (Å²) in [5, 5.41) is 2.76. The summed E-state index contributed by atoms with van der Waals surface area (Å²) in [5.74, 6) is -0.355. The van der Waals surface area contributed by atoms with E-state index in [4.69, 9.17) is 14.2 Å². The molecule has 11 heteroatoms. The van der Waals surface area contributed by atoms with Gasteiger partial charge in [-0.1, -0.05) is 0 Å². The Labute approximate surface area is 165 Å². The first kappa shape index (κ1) is 21.0. The number of nitrogens with one attached hydrogen (secondary N) is 1. The fourth-order valence-electron chi connectivity index (χ4n) is 3.28. The summed E-state index contributed by atoms with van der Waals surface area (Å²) in [5.41, 5.74) is -0.657. The number of imidazole rings is 1. The minimum Gasteiger partial charge on any atom is -0.444 e. The molecule has 2 aliphatic heterocycles. The van der Waals surface area contributed by atoms with E-state index in [9.17, 15) is 13.2 Å². The van der Waals surface area contributed by atoms with Gasteiger partial charge in [-0.15, -0.1) is 0 Å². The Morgan fingerprint density at radius 1 is 1.29 bits per heavy atom. The summed E-state index contributed by atoms with van der Waals surface area (Å²) in [6.07, 6.45) is 2.48. The molecular formula is C17H28N4O6S. The lowest BCUT2D eigenvalue weighted by atomic mass is 10.0. The predicted molar refractivity (Wildman–Crippen MR) is 98.9 cm³/mol. The molecule has 0 radical (unpaired) electrons. The highest BCUT2D eigenvalue weighted by molar-refractivity contribution is 7.89. The van der Waals surface area contributed by atoms with Crippen molar-refractivity contribution in [2.75, 3.05) is 26.3 Å². The average molecular weight is 417 g/mol. The van der Waals surface area contributed by atoms with Gasteiger partial charge in [0.05, 0.1) is 25.6 Å². The van der Waals surface area contributed by atoms with Gasteiger partial charge in [0.25, 0.3) is 10.0 Å². The van der Waals surface area contributed by atoms with Crippen LogP contribution in [0.2, 0.25) is 0 Å². The molecule has 10 nitrogen and oxygen atoms in total. The summed E-state index contributed by atoms with van der Waals surface area (Å²) < 4.78 is 45.5. The highest BCUT2D eigenvalue weighted by Gasteiger charge is 2.46. The van der Waals surface area contributed by atoms with Gasteiger partial charge in [-0.05, 0) is 27.2 Å². The third-order valence-electron chi connectivity index (χ3n) is 4.52. The van der Waals surface area contributed by atoms with E-state index in [-0.39, 0.29) is 24.0 Å². The number of amides is 1. The Kier molecular flexibility index (Phi) is 5.99. The van der Waals surface area contributed by atoms with E-state index in [1.165, 1.54) is 16.8 Å². The molecule has 1 aromatic heterocycles. The Hall–Kier alpha value is -1.69. The van der Waals surface area contributed by atoms with Gasteiger partial charge in [-0.25, -0.2) is 18.2 Å². The van der Waals surface area contributed by atoms with Gasteiger partial charge >= 0.3 is 6.09 Å². The molecule has 0 unspecified atom stereocenters. The first-order chi connectivity index (χ1) is 13.1. The van der Waals surface area contributed by atoms with Crippen molar-refractivity contribution in [2.45, 2.75) is 50.2 Å². The fourth-order valence-corrected chi connectivity index (χ4v) is 4.75. The van der Waals surface area contributed by atoms with Crippen molar-refractivity contribution in [1.29, 1.82) is 0 Å². The van der Waals surface area contributed by atoms with Crippen LogP contribution >= 0.6 is 0 Å². The van der Waals surface area contributed by atoms with Crippen molar-refractivity contribution in [2.24, 2.45) is 13.0 Å². The van der Waals surface area contributed by atoms with E-state index in [1.54, 1.807) is 32.4 Å². The van der Waals surface area contributed by atoms with Crippen molar-refractivity contribution in [3.05, 3.63) is 12.5 Å². The zero-order valence-electron chi connectivity index (χ0n) is 16.6. The van der Waals surface area contributed by atoms with Crippen molar-refractivity contribution in [3.8, 4) is 0 Å². The molecule has 3 heterocycles. The van der Waals surface area contributed by atoms with E-state index in [1.807, 2.05) is 0 Å². The van der Waals surface area contributed by atoms with E-state index in [0.717, 1.165) is 6.42 Å². The first-order valence-electron chi connectivity index (χ1n) is 9.27. The number of carbonyl (C=O) groups is 1.